The summed E-state index contributed by atoms with van der Waals surface area (Å²) in [6, 6.07) is 8.90. The standard InChI is InChI=1S/C25H38N2O5/c1-3-4-5-6-7-12-17-22(24(29)31-2)27-23(28)18-13-9-14-19-26-25(30)32-20-21-15-10-8-11-16-21/h3,8,10-11,15-16,22H,1,4-7,9,12-14,17-20H2,2H3,(H,26,30)(H,27,28)/t22-/m1/s1. The summed E-state index contributed by atoms with van der Waals surface area (Å²) in [6.07, 6.45) is 9.66. The molecule has 0 aromatic heterocycles. The fourth-order valence-electron chi connectivity index (χ4n) is 3.20. The van der Waals surface area contributed by atoms with Crippen molar-refractivity contribution in [3.63, 3.8) is 0 Å². The third-order valence-electron chi connectivity index (χ3n) is 5.03. The normalized spacial score (nSPS) is 11.3. The Bertz CT molecular complexity index is 678. The highest BCUT2D eigenvalue weighted by Gasteiger charge is 2.20. The topological polar surface area (TPSA) is 93.7 Å². The van der Waals surface area contributed by atoms with Crippen molar-refractivity contribution in [3.8, 4) is 0 Å². The zero-order chi connectivity index (χ0) is 23.4. The highest BCUT2D eigenvalue weighted by Crippen LogP contribution is 2.09. The maximum atomic E-state index is 12.2. The van der Waals surface area contributed by atoms with E-state index in [9.17, 15) is 14.4 Å². The summed E-state index contributed by atoms with van der Waals surface area (Å²) >= 11 is 0. The number of carbonyl (C=O) groups is 3. The number of esters is 1. The summed E-state index contributed by atoms with van der Waals surface area (Å²) in [4.78, 5) is 35.8. The SMILES string of the molecule is C=CCCCCCC[C@@H](NC(=O)CCCCCNC(=O)OCc1ccccc1)C(=O)OC. The summed E-state index contributed by atoms with van der Waals surface area (Å²) in [6.45, 7) is 4.44. The van der Waals surface area contributed by atoms with Crippen LogP contribution in [-0.4, -0.2) is 37.7 Å². The molecule has 0 radical (unpaired) electrons. The van der Waals surface area contributed by atoms with Crippen LogP contribution in [0, 0.1) is 0 Å². The van der Waals surface area contributed by atoms with Gasteiger partial charge in [-0.15, -0.1) is 6.58 Å². The van der Waals surface area contributed by atoms with Crippen LogP contribution in [0.2, 0.25) is 0 Å². The molecule has 7 heteroatoms. The fraction of sp³-hybridized carbons (Fsp3) is 0.560. The Balaban J connectivity index is 2.12. The van der Waals surface area contributed by atoms with Crippen LogP contribution in [0.4, 0.5) is 4.79 Å². The van der Waals surface area contributed by atoms with Gasteiger partial charge in [-0.2, -0.15) is 0 Å². The first-order chi connectivity index (χ1) is 15.6. The summed E-state index contributed by atoms with van der Waals surface area (Å²) in [7, 11) is 1.34. The first-order valence-corrected chi connectivity index (χ1v) is 11.5. The Morgan fingerprint density at radius 3 is 2.44 bits per heavy atom. The van der Waals surface area contributed by atoms with E-state index in [-0.39, 0.29) is 12.5 Å². The van der Waals surface area contributed by atoms with E-state index in [2.05, 4.69) is 17.2 Å². The molecular weight excluding hydrogens is 408 g/mol. The molecule has 0 unspecified atom stereocenters. The Hall–Kier alpha value is -2.83. The van der Waals surface area contributed by atoms with Gasteiger partial charge in [-0.1, -0.05) is 62.1 Å². The van der Waals surface area contributed by atoms with Gasteiger partial charge in [0.1, 0.15) is 12.6 Å². The lowest BCUT2D eigenvalue weighted by atomic mass is 10.1. The highest BCUT2D eigenvalue weighted by molar-refractivity contribution is 5.84. The minimum Gasteiger partial charge on any atom is -0.467 e. The molecule has 0 saturated heterocycles. The number of hydrogen-bond donors (Lipinski definition) is 2. The van der Waals surface area contributed by atoms with E-state index in [1.54, 1.807) is 0 Å². The molecule has 2 N–H and O–H groups in total. The van der Waals surface area contributed by atoms with Crippen molar-refractivity contribution in [2.75, 3.05) is 13.7 Å². The van der Waals surface area contributed by atoms with Crippen LogP contribution in [0.5, 0.6) is 0 Å². The molecule has 2 amide bonds. The van der Waals surface area contributed by atoms with Crippen LogP contribution >= 0.6 is 0 Å². The number of allylic oxidation sites excluding steroid dienone is 1. The highest BCUT2D eigenvalue weighted by atomic mass is 16.5. The monoisotopic (exact) mass is 446 g/mol. The molecule has 0 aliphatic rings. The number of nitrogens with one attached hydrogen (secondary N) is 2. The van der Waals surface area contributed by atoms with Crippen molar-refractivity contribution in [1.82, 2.24) is 10.6 Å². The van der Waals surface area contributed by atoms with Crippen LogP contribution in [0.25, 0.3) is 0 Å². The average Bonchev–Trinajstić information content (AvgIpc) is 2.81. The summed E-state index contributed by atoms with van der Waals surface area (Å²) in [5.41, 5.74) is 0.937. The number of unbranched alkanes of at least 4 members (excludes halogenated alkanes) is 6. The van der Waals surface area contributed by atoms with Crippen LogP contribution in [0.15, 0.2) is 43.0 Å². The number of amides is 2. The van der Waals surface area contributed by atoms with Gasteiger partial charge in [0.25, 0.3) is 0 Å². The molecule has 0 heterocycles. The van der Waals surface area contributed by atoms with E-state index < -0.39 is 18.1 Å². The number of hydrogen-bond acceptors (Lipinski definition) is 5. The molecule has 0 bridgehead atoms. The van der Waals surface area contributed by atoms with E-state index in [1.807, 2.05) is 36.4 Å². The van der Waals surface area contributed by atoms with E-state index in [4.69, 9.17) is 9.47 Å². The molecule has 1 aromatic rings. The van der Waals surface area contributed by atoms with Gasteiger partial charge >= 0.3 is 12.1 Å². The van der Waals surface area contributed by atoms with Gasteiger partial charge < -0.3 is 20.1 Å². The Kier molecular flexibility index (Phi) is 15.1. The number of carbonyl (C=O) groups excluding carboxylic acids is 3. The lowest BCUT2D eigenvalue weighted by molar-refractivity contribution is -0.145. The van der Waals surface area contributed by atoms with Crippen LogP contribution < -0.4 is 10.6 Å². The third-order valence-corrected chi connectivity index (χ3v) is 5.03. The number of ether oxygens (including phenoxy) is 2. The van der Waals surface area contributed by atoms with Gasteiger partial charge in [0, 0.05) is 13.0 Å². The molecule has 1 atom stereocenters. The van der Waals surface area contributed by atoms with Crippen LogP contribution in [0.3, 0.4) is 0 Å². The summed E-state index contributed by atoms with van der Waals surface area (Å²) < 4.78 is 9.96. The number of alkyl carbamates (subject to hydrolysis) is 1. The fourth-order valence-corrected chi connectivity index (χ4v) is 3.20. The first kappa shape index (κ1) is 27.2. The molecule has 0 spiro atoms. The van der Waals surface area contributed by atoms with Gasteiger partial charge in [0.2, 0.25) is 5.91 Å². The van der Waals surface area contributed by atoms with Crippen molar-refractivity contribution < 1.29 is 23.9 Å². The quantitative estimate of drug-likeness (QED) is 0.206. The predicted molar refractivity (Wildman–Crippen MR) is 125 cm³/mol. The minimum absolute atomic E-state index is 0.151. The molecule has 178 valence electrons. The Morgan fingerprint density at radius 2 is 1.72 bits per heavy atom. The number of benzene rings is 1. The van der Waals surface area contributed by atoms with Crippen molar-refractivity contribution in [2.45, 2.75) is 76.9 Å². The molecule has 0 aliphatic carbocycles. The second-order valence-corrected chi connectivity index (χ2v) is 7.72. The predicted octanol–water partition coefficient (Wildman–Crippen LogP) is 4.66. The van der Waals surface area contributed by atoms with Gasteiger partial charge in [-0.05, 0) is 37.7 Å². The second kappa shape index (κ2) is 17.8. The molecule has 0 aliphatic heterocycles. The van der Waals surface area contributed by atoms with Crippen molar-refractivity contribution in [3.05, 3.63) is 48.6 Å². The lowest BCUT2D eigenvalue weighted by Gasteiger charge is -2.16. The first-order valence-electron chi connectivity index (χ1n) is 11.5. The largest absolute Gasteiger partial charge is 0.467 e. The molecule has 32 heavy (non-hydrogen) atoms. The Labute approximate surface area is 191 Å². The van der Waals surface area contributed by atoms with Gasteiger partial charge in [-0.3, -0.25) is 4.79 Å². The summed E-state index contributed by atoms with van der Waals surface area (Å²) in [5.74, 6) is -0.551. The van der Waals surface area contributed by atoms with E-state index in [0.717, 1.165) is 50.5 Å². The van der Waals surface area contributed by atoms with Gasteiger partial charge in [0.15, 0.2) is 0 Å². The average molecular weight is 447 g/mol. The molecular formula is C25H38N2O5. The van der Waals surface area contributed by atoms with E-state index in [1.165, 1.54) is 7.11 Å². The zero-order valence-corrected chi connectivity index (χ0v) is 19.3. The number of methoxy groups -OCH3 is 1. The minimum atomic E-state index is -0.590. The number of rotatable bonds is 17. The van der Waals surface area contributed by atoms with Crippen molar-refractivity contribution in [1.29, 1.82) is 0 Å². The van der Waals surface area contributed by atoms with Crippen molar-refractivity contribution >= 4 is 18.0 Å². The summed E-state index contributed by atoms with van der Waals surface area (Å²) in [5, 5.41) is 5.50. The molecule has 0 saturated carbocycles. The lowest BCUT2D eigenvalue weighted by Crippen LogP contribution is -2.41. The van der Waals surface area contributed by atoms with Crippen LogP contribution in [0.1, 0.15) is 69.8 Å². The molecule has 7 nitrogen and oxygen atoms in total. The van der Waals surface area contributed by atoms with Crippen LogP contribution in [-0.2, 0) is 25.7 Å². The third kappa shape index (κ3) is 13.5. The molecule has 1 rings (SSSR count). The van der Waals surface area contributed by atoms with Crippen molar-refractivity contribution in [2.24, 2.45) is 0 Å². The van der Waals surface area contributed by atoms with E-state index in [0.29, 0.717) is 25.8 Å². The maximum Gasteiger partial charge on any atom is 0.407 e. The second-order valence-electron chi connectivity index (χ2n) is 7.72. The van der Waals surface area contributed by atoms with Gasteiger partial charge in [0.05, 0.1) is 7.11 Å². The Morgan fingerprint density at radius 1 is 1.00 bits per heavy atom. The molecule has 1 aromatic carbocycles. The zero-order valence-electron chi connectivity index (χ0n) is 19.3. The maximum absolute atomic E-state index is 12.2. The smallest absolute Gasteiger partial charge is 0.407 e. The van der Waals surface area contributed by atoms with Gasteiger partial charge in [-0.25, -0.2) is 9.59 Å². The molecule has 0 fully saturated rings. The van der Waals surface area contributed by atoms with E-state index >= 15 is 0 Å².